The van der Waals surface area contributed by atoms with Crippen molar-refractivity contribution in [1.29, 1.82) is 0 Å². The highest BCUT2D eigenvalue weighted by atomic mass is 35.5. The molecule has 3 aromatic rings. The molecule has 2 N–H and O–H groups in total. The van der Waals surface area contributed by atoms with Gasteiger partial charge in [0.1, 0.15) is 12.6 Å². The van der Waals surface area contributed by atoms with Gasteiger partial charge in [-0.05, 0) is 55.5 Å². The predicted octanol–water partition coefficient (Wildman–Crippen LogP) is 6.97. The second kappa shape index (κ2) is 18.1. The van der Waals surface area contributed by atoms with Crippen molar-refractivity contribution >= 4 is 99.4 Å². The molecule has 14 heteroatoms. The van der Waals surface area contributed by atoms with E-state index >= 15 is 0 Å². The second-order valence-corrected chi connectivity index (χ2v) is 12.0. The van der Waals surface area contributed by atoms with Crippen LogP contribution in [0.4, 0.5) is 5.69 Å². The lowest BCUT2D eigenvalue weighted by Gasteiger charge is -2.25. The summed E-state index contributed by atoms with van der Waals surface area (Å²) >= 11 is 25.9. The highest BCUT2D eigenvalue weighted by Gasteiger charge is 2.25. The number of rotatable bonds is 11. The van der Waals surface area contributed by atoms with Crippen LogP contribution in [0, 0.1) is 0 Å². The number of esters is 1. The van der Waals surface area contributed by atoms with Gasteiger partial charge in [0.05, 0.1) is 28.7 Å². The zero-order chi connectivity index (χ0) is 31.2. The molecular formula is C28H26Cl4N2O6S2. The van der Waals surface area contributed by atoms with Gasteiger partial charge in [0.2, 0.25) is 11.8 Å². The van der Waals surface area contributed by atoms with E-state index in [0.717, 1.165) is 11.8 Å². The smallest absolute Gasteiger partial charge is 0.325 e. The maximum atomic E-state index is 12.9. The number of benzene rings is 3. The van der Waals surface area contributed by atoms with Crippen LogP contribution in [-0.2, 0) is 23.9 Å². The number of nitrogens with zero attached hydrogens (tertiary/aromatic N) is 1. The summed E-state index contributed by atoms with van der Waals surface area (Å²) in [4.78, 5) is 49.8. The van der Waals surface area contributed by atoms with Crippen LogP contribution in [0.5, 0.6) is 0 Å². The number of thioether (sulfide) groups is 2. The number of carbonyl (C=O) groups excluding carboxylic acids is 3. The van der Waals surface area contributed by atoms with E-state index < -0.39 is 23.9 Å². The molecule has 0 aliphatic rings. The van der Waals surface area contributed by atoms with Crippen LogP contribution < -0.4 is 10.2 Å². The van der Waals surface area contributed by atoms with Gasteiger partial charge in [0.25, 0.3) is 0 Å². The average molecular weight is 692 g/mol. The van der Waals surface area contributed by atoms with E-state index in [2.05, 4.69) is 10.1 Å². The van der Waals surface area contributed by atoms with Gasteiger partial charge in [-0.1, -0.05) is 64.6 Å². The Kier molecular flexibility index (Phi) is 15.4. The average Bonchev–Trinajstić information content (AvgIpc) is 2.97. The molecule has 0 spiro atoms. The Hall–Kier alpha value is -2.60. The van der Waals surface area contributed by atoms with Crippen molar-refractivity contribution in [3.05, 3.63) is 86.8 Å². The number of amides is 2. The van der Waals surface area contributed by atoms with E-state index in [1.807, 2.05) is 0 Å². The molecule has 0 saturated heterocycles. The summed E-state index contributed by atoms with van der Waals surface area (Å²) in [5.74, 6) is -2.17. The molecule has 42 heavy (non-hydrogen) atoms. The largest absolute Gasteiger partial charge is 0.481 e. The fourth-order valence-electron chi connectivity index (χ4n) is 3.14. The van der Waals surface area contributed by atoms with E-state index in [9.17, 15) is 19.2 Å². The number of ether oxygens (including phenoxy) is 1. The molecule has 0 saturated carbocycles. The number of anilines is 1. The van der Waals surface area contributed by atoms with Crippen molar-refractivity contribution < 1.29 is 29.0 Å². The molecule has 0 unspecified atom stereocenters. The standard InChI is InChI=1S/C20H20Cl2N2O4S.C8H6Cl2O2S/c1-13(23-18(25)12-29-17-10-14(21)8-9-16(17)22)20(27)24(11-19(26)28-2)15-6-4-3-5-7-15;9-5-1-2-6(10)7(3-5)13-4-8(11)12/h3-10,13H,11-12H2,1-2H3,(H,23,25);1-3H,4H2,(H,11,12)/t13-;/m0./s1. The van der Waals surface area contributed by atoms with Crippen LogP contribution in [0.25, 0.3) is 0 Å². The molecule has 2 amide bonds. The molecular weight excluding hydrogens is 666 g/mol. The molecule has 0 aliphatic heterocycles. The Bertz CT molecular complexity index is 1400. The molecule has 0 fully saturated rings. The topological polar surface area (TPSA) is 113 Å². The first-order valence-corrected chi connectivity index (χ1v) is 15.5. The predicted molar refractivity (Wildman–Crippen MR) is 170 cm³/mol. The van der Waals surface area contributed by atoms with Gasteiger partial charge in [-0.3, -0.25) is 24.1 Å². The number of aliphatic carboxylic acids is 1. The van der Waals surface area contributed by atoms with Gasteiger partial charge < -0.3 is 15.2 Å². The molecule has 224 valence electrons. The number of hydrogen-bond acceptors (Lipinski definition) is 7. The normalized spacial score (nSPS) is 11.0. The Balaban J connectivity index is 0.000000395. The monoisotopic (exact) mass is 690 g/mol. The number of methoxy groups -OCH3 is 1. The summed E-state index contributed by atoms with van der Waals surface area (Å²) in [6.45, 7) is 1.30. The van der Waals surface area contributed by atoms with Gasteiger partial charge in [0.15, 0.2) is 0 Å². The number of carbonyl (C=O) groups is 4. The number of carboxylic acid groups (broad SMARTS) is 1. The van der Waals surface area contributed by atoms with Gasteiger partial charge in [-0.2, -0.15) is 0 Å². The van der Waals surface area contributed by atoms with Crippen LogP contribution in [-0.4, -0.2) is 60.1 Å². The van der Waals surface area contributed by atoms with Crippen molar-refractivity contribution in [2.75, 3.05) is 30.1 Å². The van der Waals surface area contributed by atoms with E-state index in [4.69, 9.17) is 51.5 Å². The SMILES string of the molecule is COC(=O)CN(C(=O)[C@H](C)NC(=O)CSc1cc(Cl)ccc1Cl)c1ccccc1.O=C(O)CSc1cc(Cl)ccc1Cl. The van der Waals surface area contributed by atoms with Crippen LogP contribution in [0.2, 0.25) is 20.1 Å². The Labute approximate surface area is 272 Å². The lowest BCUT2D eigenvalue weighted by Crippen LogP contribution is -2.49. The van der Waals surface area contributed by atoms with Crippen LogP contribution >= 0.6 is 69.9 Å². The fourth-order valence-corrected chi connectivity index (χ4v) is 5.65. The minimum absolute atomic E-state index is 0.0138. The Morgan fingerprint density at radius 2 is 1.38 bits per heavy atom. The minimum Gasteiger partial charge on any atom is -0.481 e. The second-order valence-electron chi connectivity index (χ2n) is 8.25. The highest BCUT2D eigenvalue weighted by Crippen LogP contribution is 2.30. The number of carboxylic acids is 1. The molecule has 8 nitrogen and oxygen atoms in total. The van der Waals surface area contributed by atoms with Crippen molar-refractivity contribution in [2.24, 2.45) is 0 Å². The third-order valence-electron chi connectivity index (χ3n) is 5.09. The Morgan fingerprint density at radius 3 is 1.88 bits per heavy atom. The van der Waals surface area contributed by atoms with Crippen molar-refractivity contribution in [3.63, 3.8) is 0 Å². The number of hydrogen-bond donors (Lipinski definition) is 2. The molecule has 0 aliphatic carbocycles. The number of halogens is 4. The molecule has 0 aromatic heterocycles. The van der Waals surface area contributed by atoms with Crippen LogP contribution in [0.1, 0.15) is 6.92 Å². The van der Waals surface area contributed by atoms with Crippen LogP contribution in [0.15, 0.2) is 76.5 Å². The van der Waals surface area contributed by atoms with Crippen molar-refractivity contribution in [1.82, 2.24) is 5.32 Å². The van der Waals surface area contributed by atoms with Gasteiger partial charge in [-0.15, -0.1) is 23.5 Å². The number of para-hydroxylation sites is 1. The molecule has 1 atom stereocenters. The maximum Gasteiger partial charge on any atom is 0.325 e. The van der Waals surface area contributed by atoms with E-state index in [1.54, 1.807) is 73.7 Å². The minimum atomic E-state index is -0.874. The third kappa shape index (κ3) is 12.3. The summed E-state index contributed by atoms with van der Waals surface area (Å²) < 4.78 is 4.67. The molecule has 0 heterocycles. The van der Waals surface area contributed by atoms with Gasteiger partial charge >= 0.3 is 11.9 Å². The Morgan fingerprint density at radius 1 is 0.857 bits per heavy atom. The summed E-state index contributed by atoms with van der Waals surface area (Å²) in [6.07, 6.45) is 0. The van der Waals surface area contributed by atoms with E-state index in [1.165, 1.54) is 23.8 Å². The van der Waals surface area contributed by atoms with E-state index in [-0.39, 0.29) is 24.0 Å². The zero-order valence-corrected chi connectivity index (χ0v) is 27.0. The summed E-state index contributed by atoms with van der Waals surface area (Å²) in [5.41, 5.74) is 0.532. The lowest BCUT2D eigenvalue weighted by molar-refractivity contribution is -0.140. The molecule has 3 rings (SSSR count). The van der Waals surface area contributed by atoms with E-state index in [0.29, 0.717) is 35.6 Å². The molecule has 0 radical (unpaired) electrons. The first kappa shape index (κ1) is 35.6. The maximum absolute atomic E-state index is 12.9. The quantitative estimate of drug-likeness (QED) is 0.164. The lowest BCUT2D eigenvalue weighted by atomic mass is 10.2. The highest BCUT2D eigenvalue weighted by molar-refractivity contribution is 8.00. The fraction of sp³-hybridized carbons (Fsp3) is 0.214. The summed E-state index contributed by atoms with van der Waals surface area (Å²) in [7, 11) is 1.25. The van der Waals surface area contributed by atoms with Gasteiger partial charge in [-0.25, -0.2) is 0 Å². The molecule has 0 bridgehead atoms. The third-order valence-corrected chi connectivity index (χ3v) is 8.54. The van der Waals surface area contributed by atoms with Gasteiger partial charge in [0, 0.05) is 25.5 Å². The number of nitrogens with one attached hydrogen (secondary N) is 1. The zero-order valence-electron chi connectivity index (χ0n) is 22.3. The first-order chi connectivity index (χ1) is 19.9. The van der Waals surface area contributed by atoms with Crippen molar-refractivity contribution in [2.45, 2.75) is 22.8 Å². The first-order valence-electron chi connectivity index (χ1n) is 12.0. The summed E-state index contributed by atoms with van der Waals surface area (Å²) in [5, 5.41) is 13.2. The summed E-state index contributed by atoms with van der Waals surface area (Å²) in [6, 6.07) is 17.8. The molecule has 3 aromatic carbocycles. The van der Waals surface area contributed by atoms with Crippen LogP contribution in [0.3, 0.4) is 0 Å². The van der Waals surface area contributed by atoms with Crippen molar-refractivity contribution in [3.8, 4) is 0 Å².